The highest BCUT2D eigenvalue weighted by Crippen LogP contribution is 2.36. The minimum Gasteiger partial charge on any atom is -0.324 e. The fourth-order valence-corrected chi connectivity index (χ4v) is 3.03. The van der Waals surface area contributed by atoms with Crippen LogP contribution >= 0.6 is 27.7 Å². The predicted octanol–water partition coefficient (Wildman–Crippen LogP) is 3.27. The van der Waals surface area contributed by atoms with Crippen molar-refractivity contribution < 1.29 is 4.79 Å². The van der Waals surface area contributed by atoms with Crippen LogP contribution in [0.25, 0.3) is 0 Å². The molecule has 0 saturated carbocycles. The normalized spacial score (nSPS) is 19.5. The Morgan fingerprint density at radius 1 is 1.40 bits per heavy atom. The first kappa shape index (κ1) is 11.0. The number of halogens is 1. The van der Waals surface area contributed by atoms with Crippen molar-refractivity contribution in [2.45, 2.75) is 23.0 Å². The molecule has 1 aromatic carbocycles. The molecule has 0 saturated heterocycles. The summed E-state index contributed by atoms with van der Waals surface area (Å²) in [5.74, 6) is 0.139. The van der Waals surface area contributed by atoms with E-state index in [0.29, 0.717) is 0 Å². The number of para-hydroxylation sites is 1. The zero-order chi connectivity index (χ0) is 10.7. The summed E-state index contributed by atoms with van der Waals surface area (Å²) in [5, 5.41) is 3.97. The van der Waals surface area contributed by atoms with Crippen LogP contribution in [0.15, 0.2) is 29.2 Å². The van der Waals surface area contributed by atoms with E-state index >= 15 is 0 Å². The summed E-state index contributed by atoms with van der Waals surface area (Å²) in [6, 6.07) is 7.95. The van der Waals surface area contributed by atoms with Gasteiger partial charge in [-0.1, -0.05) is 28.1 Å². The number of anilines is 1. The molecule has 15 heavy (non-hydrogen) atoms. The average molecular weight is 286 g/mol. The van der Waals surface area contributed by atoms with Gasteiger partial charge in [0.15, 0.2) is 0 Å². The molecule has 0 radical (unpaired) electrons. The largest absolute Gasteiger partial charge is 0.324 e. The van der Waals surface area contributed by atoms with Crippen molar-refractivity contribution in [2.75, 3.05) is 10.6 Å². The van der Waals surface area contributed by atoms with Crippen molar-refractivity contribution >= 4 is 39.3 Å². The lowest BCUT2D eigenvalue weighted by atomic mass is 10.2. The zero-order valence-electron chi connectivity index (χ0n) is 8.20. The molecule has 0 aromatic heterocycles. The van der Waals surface area contributed by atoms with Gasteiger partial charge in [0, 0.05) is 10.2 Å². The van der Waals surface area contributed by atoms with Crippen LogP contribution in [0.5, 0.6) is 0 Å². The van der Waals surface area contributed by atoms with Crippen LogP contribution in [0, 0.1) is 0 Å². The van der Waals surface area contributed by atoms with Crippen LogP contribution < -0.4 is 5.32 Å². The van der Waals surface area contributed by atoms with Crippen LogP contribution in [0.3, 0.4) is 0 Å². The first-order valence-electron chi connectivity index (χ1n) is 4.94. The van der Waals surface area contributed by atoms with Gasteiger partial charge >= 0.3 is 0 Å². The van der Waals surface area contributed by atoms with Crippen molar-refractivity contribution in [3.05, 3.63) is 24.3 Å². The highest BCUT2D eigenvalue weighted by molar-refractivity contribution is 9.09. The summed E-state index contributed by atoms with van der Waals surface area (Å²) in [4.78, 5) is 12.9. The smallest absolute Gasteiger partial charge is 0.237 e. The van der Waals surface area contributed by atoms with Gasteiger partial charge in [-0.25, -0.2) is 0 Å². The Morgan fingerprint density at radius 2 is 2.20 bits per heavy atom. The van der Waals surface area contributed by atoms with Crippen molar-refractivity contribution in [1.29, 1.82) is 0 Å². The second kappa shape index (κ2) is 5.03. The summed E-state index contributed by atoms with van der Waals surface area (Å²) in [5.41, 5.74) is 0.947. The Kier molecular flexibility index (Phi) is 3.70. The van der Waals surface area contributed by atoms with E-state index in [-0.39, 0.29) is 11.2 Å². The van der Waals surface area contributed by atoms with Gasteiger partial charge in [-0.3, -0.25) is 4.79 Å². The number of nitrogens with one attached hydrogen (secondary N) is 1. The standard InChI is InChI=1S/C11H12BrNOS/c12-7-3-6-10-11(14)13-8-4-1-2-5-9(8)15-10/h1-2,4-5,10H,3,6-7H2,(H,13,14). The molecule has 0 spiro atoms. The minimum atomic E-state index is 0.0671. The molecule has 2 nitrogen and oxygen atoms in total. The lowest BCUT2D eigenvalue weighted by Crippen LogP contribution is -2.28. The molecule has 1 aromatic rings. The summed E-state index contributed by atoms with van der Waals surface area (Å²) in [6.45, 7) is 0. The molecule has 0 fully saturated rings. The first-order valence-corrected chi connectivity index (χ1v) is 6.94. The molecule has 0 aliphatic carbocycles. The van der Waals surface area contributed by atoms with Gasteiger partial charge < -0.3 is 5.32 Å². The molecule has 2 rings (SSSR count). The third kappa shape index (κ3) is 2.55. The van der Waals surface area contributed by atoms with E-state index < -0.39 is 0 Å². The highest BCUT2D eigenvalue weighted by atomic mass is 79.9. The van der Waals surface area contributed by atoms with E-state index in [1.165, 1.54) is 4.90 Å². The van der Waals surface area contributed by atoms with Crippen molar-refractivity contribution in [3.8, 4) is 0 Å². The maximum absolute atomic E-state index is 11.7. The van der Waals surface area contributed by atoms with E-state index in [0.717, 1.165) is 23.9 Å². The van der Waals surface area contributed by atoms with Gasteiger partial charge in [-0.05, 0) is 25.0 Å². The van der Waals surface area contributed by atoms with Gasteiger partial charge in [-0.2, -0.15) is 0 Å². The third-order valence-electron chi connectivity index (χ3n) is 2.31. The third-order valence-corrected chi connectivity index (χ3v) is 4.21. The Morgan fingerprint density at radius 3 is 3.00 bits per heavy atom. The number of benzene rings is 1. The molecule has 1 atom stereocenters. The van der Waals surface area contributed by atoms with Crippen molar-refractivity contribution in [1.82, 2.24) is 0 Å². The van der Waals surface area contributed by atoms with Gasteiger partial charge in [0.25, 0.3) is 0 Å². The molecule has 1 amide bonds. The topological polar surface area (TPSA) is 29.1 Å². The zero-order valence-corrected chi connectivity index (χ0v) is 10.6. The monoisotopic (exact) mass is 285 g/mol. The summed E-state index contributed by atoms with van der Waals surface area (Å²) in [6.07, 6.45) is 1.96. The highest BCUT2D eigenvalue weighted by Gasteiger charge is 2.25. The number of alkyl halides is 1. The van der Waals surface area contributed by atoms with E-state index in [1.54, 1.807) is 11.8 Å². The summed E-state index contributed by atoms with van der Waals surface area (Å²) < 4.78 is 0. The number of hydrogen-bond acceptors (Lipinski definition) is 2. The molecule has 1 aliphatic heterocycles. The first-order chi connectivity index (χ1) is 7.31. The van der Waals surface area contributed by atoms with Gasteiger partial charge in [0.2, 0.25) is 5.91 Å². The van der Waals surface area contributed by atoms with E-state index in [9.17, 15) is 4.79 Å². The number of hydrogen-bond donors (Lipinski definition) is 1. The second-order valence-corrected chi connectivity index (χ2v) is 5.46. The fraction of sp³-hybridized carbons (Fsp3) is 0.364. The Bertz CT molecular complexity index is 369. The van der Waals surface area contributed by atoms with Crippen LogP contribution in [0.2, 0.25) is 0 Å². The molecule has 1 aliphatic rings. The van der Waals surface area contributed by atoms with Crippen molar-refractivity contribution in [2.24, 2.45) is 0 Å². The molecule has 1 N–H and O–H groups in total. The van der Waals surface area contributed by atoms with E-state index in [1.807, 2.05) is 18.2 Å². The average Bonchev–Trinajstić information content (AvgIpc) is 2.26. The van der Waals surface area contributed by atoms with E-state index in [4.69, 9.17) is 0 Å². The minimum absolute atomic E-state index is 0.0671. The Labute approximate surface area is 102 Å². The fourth-order valence-electron chi connectivity index (χ4n) is 1.55. The van der Waals surface area contributed by atoms with Crippen LogP contribution in [-0.2, 0) is 4.79 Å². The molecule has 0 bridgehead atoms. The number of fused-ring (bicyclic) bond motifs is 1. The molecular weight excluding hydrogens is 274 g/mol. The lowest BCUT2D eigenvalue weighted by Gasteiger charge is -2.23. The quantitative estimate of drug-likeness (QED) is 0.864. The molecular formula is C11H12BrNOS. The van der Waals surface area contributed by atoms with Crippen LogP contribution in [0.1, 0.15) is 12.8 Å². The Balaban J connectivity index is 2.11. The van der Waals surface area contributed by atoms with Gasteiger partial charge in [0.05, 0.1) is 10.9 Å². The van der Waals surface area contributed by atoms with Crippen LogP contribution in [0.4, 0.5) is 5.69 Å². The van der Waals surface area contributed by atoms with Crippen LogP contribution in [-0.4, -0.2) is 16.5 Å². The maximum Gasteiger partial charge on any atom is 0.237 e. The molecule has 1 unspecified atom stereocenters. The second-order valence-electron chi connectivity index (χ2n) is 3.42. The molecule has 1 heterocycles. The maximum atomic E-state index is 11.7. The van der Waals surface area contributed by atoms with Gasteiger partial charge in [0.1, 0.15) is 0 Å². The lowest BCUT2D eigenvalue weighted by molar-refractivity contribution is -0.115. The Hall–Kier alpha value is -0.480. The number of carbonyl (C=O) groups excluding carboxylic acids is 1. The van der Waals surface area contributed by atoms with E-state index in [2.05, 4.69) is 27.3 Å². The van der Waals surface area contributed by atoms with Crippen molar-refractivity contribution in [3.63, 3.8) is 0 Å². The molecule has 80 valence electrons. The number of thioether (sulfide) groups is 1. The number of rotatable bonds is 3. The summed E-state index contributed by atoms with van der Waals surface area (Å²) in [7, 11) is 0. The number of carbonyl (C=O) groups is 1. The SMILES string of the molecule is O=C1Nc2ccccc2SC1CCCBr. The molecule has 4 heteroatoms. The number of amides is 1. The summed E-state index contributed by atoms with van der Waals surface area (Å²) >= 11 is 5.06. The van der Waals surface area contributed by atoms with Gasteiger partial charge in [-0.15, -0.1) is 11.8 Å². The predicted molar refractivity (Wildman–Crippen MR) is 67.7 cm³/mol.